The van der Waals surface area contributed by atoms with Crippen molar-refractivity contribution in [2.45, 2.75) is 46.1 Å². The molecule has 1 aromatic carbocycles. The third-order valence-electron chi connectivity index (χ3n) is 3.24. The summed E-state index contributed by atoms with van der Waals surface area (Å²) in [5.74, 6) is 0.735. The third kappa shape index (κ3) is 3.67. The fraction of sp³-hybridized carbons (Fsp3) is 0.500. The van der Waals surface area contributed by atoms with Crippen molar-refractivity contribution in [3.05, 3.63) is 39.9 Å². The van der Waals surface area contributed by atoms with Gasteiger partial charge in [-0.25, -0.2) is 4.98 Å². The molecule has 0 aliphatic heterocycles. The van der Waals surface area contributed by atoms with Crippen LogP contribution >= 0.6 is 0 Å². The summed E-state index contributed by atoms with van der Waals surface area (Å²) in [6, 6.07) is 5.88. The van der Waals surface area contributed by atoms with Crippen molar-refractivity contribution in [2.75, 3.05) is 6.61 Å². The predicted molar refractivity (Wildman–Crippen MR) is 81.2 cm³/mol. The second-order valence-electron chi connectivity index (χ2n) is 5.24. The molecule has 4 nitrogen and oxygen atoms in total. The Morgan fingerprint density at radius 1 is 1.35 bits per heavy atom. The largest absolute Gasteiger partial charge is 0.379 e. The summed E-state index contributed by atoms with van der Waals surface area (Å²) in [6.45, 7) is 6.79. The van der Waals surface area contributed by atoms with E-state index >= 15 is 0 Å². The topological polar surface area (TPSA) is 55.0 Å². The second-order valence-corrected chi connectivity index (χ2v) is 5.24. The molecule has 20 heavy (non-hydrogen) atoms. The van der Waals surface area contributed by atoms with Gasteiger partial charge in [0.2, 0.25) is 0 Å². The van der Waals surface area contributed by atoms with Gasteiger partial charge in [0.1, 0.15) is 5.82 Å². The Bertz CT molecular complexity index is 632. The Labute approximate surface area is 119 Å². The standard InChI is InChI=1S/C16H22N2O2/c1-4-12-7-8-14-13(10-12)16(19)18-15(17-14)6-5-9-20-11(2)3/h7-8,10-11H,4-6,9H2,1-3H3,(H,17,18,19). The maximum atomic E-state index is 12.1. The molecular formula is C16H22N2O2. The number of fused-ring (bicyclic) bond motifs is 1. The molecule has 2 aromatic rings. The van der Waals surface area contributed by atoms with Crippen LogP contribution < -0.4 is 5.56 Å². The first-order valence-corrected chi connectivity index (χ1v) is 7.23. The van der Waals surface area contributed by atoms with E-state index in [1.807, 2.05) is 32.0 Å². The summed E-state index contributed by atoms with van der Waals surface area (Å²) in [4.78, 5) is 19.5. The lowest BCUT2D eigenvalue weighted by molar-refractivity contribution is 0.0769. The summed E-state index contributed by atoms with van der Waals surface area (Å²) < 4.78 is 5.49. The van der Waals surface area contributed by atoms with Gasteiger partial charge in [-0.15, -0.1) is 0 Å². The highest BCUT2D eigenvalue weighted by Gasteiger charge is 2.05. The van der Waals surface area contributed by atoms with Crippen LogP contribution in [0.2, 0.25) is 0 Å². The summed E-state index contributed by atoms with van der Waals surface area (Å²) in [6.07, 6.45) is 2.75. The van der Waals surface area contributed by atoms with E-state index < -0.39 is 0 Å². The van der Waals surface area contributed by atoms with Crippen LogP contribution in [0.25, 0.3) is 10.9 Å². The Morgan fingerprint density at radius 2 is 2.15 bits per heavy atom. The van der Waals surface area contributed by atoms with Crippen LogP contribution in [0.1, 0.15) is 38.6 Å². The van der Waals surface area contributed by atoms with Gasteiger partial charge >= 0.3 is 0 Å². The quantitative estimate of drug-likeness (QED) is 0.824. The lowest BCUT2D eigenvalue weighted by Crippen LogP contribution is -2.13. The highest BCUT2D eigenvalue weighted by atomic mass is 16.5. The fourth-order valence-corrected chi connectivity index (χ4v) is 2.13. The minimum absolute atomic E-state index is 0.0509. The van der Waals surface area contributed by atoms with Gasteiger partial charge in [0.25, 0.3) is 5.56 Å². The Morgan fingerprint density at radius 3 is 2.85 bits per heavy atom. The van der Waals surface area contributed by atoms with E-state index in [1.165, 1.54) is 0 Å². The number of aromatic amines is 1. The molecule has 108 valence electrons. The number of rotatable bonds is 6. The molecule has 0 amide bonds. The van der Waals surface area contributed by atoms with E-state index in [9.17, 15) is 4.79 Å². The van der Waals surface area contributed by atoms with Crippen LogP contribution in [0.5, 0.6) is 0 Å². The minimum atomic E-state index is -0.0509. The summed E-state index contributed by atoms with van der Waals surface area (Å²) in [5.41, 5.74) is 1.87. The van der Waals surface area contributed by atoms with E-state index in [0.717, 1.165) is 36.2 Å². The summed E-state index contributed by atoms with van der Waals surface area (Å²) >= 11 is 0. The average Bonchev–Trinajstić information content (AvgIpc) is 2.43. The van der Waals surface area contributed by atoms with Gasteiger partial charge in [-0.05, 0) is 44.4 Å². The number of aryl methyl sites for hydroxylation is 2. The normalized spacial score (nSPS) is 11.4. The molecule has 0 saturated heterocycles. The van der Waals surface area contributed by atoms with Gasteiger partial charge in [0.05, 0.1) is 17.0 Å². The van der Waals surface area contributed by atoms with Gasteiger partial charge in [-0.2, -0.15) is 0 Å². The van der Waals surface area contributed by atoms with Crippen molar-refractivity contribution in [2.24, 2.45) is 0 Å². The zero-order chi connectivity index (χ0) is 14.5. The number of nitrogens with zero attached hydrogens (tertiary/aromatic N) is 1. The van der Waals surface area contributed by atoms with Crippen molar-refractivity contribution in [1.29, 1.82) is 0 Å². The van der Waals surface area contributed by atoms with Crippen molar-refractivity contribution >= 4 is 10.9 Å². The van der Waals surface area contributed by atoms with Crippen molar-refractivity contribution in [3.8, 4) is 0 Å². The highest BCUT2D eigenvalue weighted by Crippen LogP contribution is 2.11. The second kappa shape index (κ2) is 6.66. The molecule has 4 heteroatoms. The molecule has 0 aliphatic rings. The zero-order valence-electron chi connectivity index (χ0n) is 12.4. The molecule has 0 aliphatic carbocycles. The van der Waals surface area contributed by atoms with Crippen molar-refractivity contribution < 1.29 is 4.74 Å². The number of aromatic nitrogens is 2. The maximum Gasteiger partial charge on any atom is 0.258 e. The number of nitrogens with one attached hydrogen (secondary N) is 1. The van der Waals surface area contributed by atoms with Crippen LogP contribution in [0.3, 0.4) is 0 Å². The molecule has 0 atom stereocenters. The average molecular weight is 274 g/mol. The maximum absolute atomic E-state index is 12.1. The molecule has 0 bridgehead atoms. The van der Waals surface area contributed by atoms with Crippen LogP contribution in [0.4, 0.5) is 0 Å². The third-order valence-corrected chi connectivity index (χ3v) is 3.24. The smallest absolute Gasteiger partial charge is 0.258 e. The first-order chi connectivity index (χ1) is 9.60. The van der Waals surface area contributed by atoms with Gasteiger partial charge < -0.3 is 9.72 Å². The fourth-order valence-electron chi connectivity index (χ4n) is 2.13. The molecule has 1 heterocycles. The monoisotopic (exact) mass is 274 g/mol. The van der Waals surface area contributed by atoms with E-state index in [2.05, 4.69) is 16.9 Å². The van der Waals surface area contributed by atoms with Gasteiger partial charge in [-0.3, -0.25) is 4.79 Å². The first-order valence-electron chi connectivity index (χ1n) is 7.23. The summed E-state index contributed by atoms with van der Waals surface area (Å²) in [7, 11) is 0. The Hall–Kier alpha value is -1.68. The molecule has 1 N–H and O–H groups in total. The molecule has 0 unspecified atom stereocenters. The van der Waals surface area contributed by atoms with E-state index in [0.29, 0.717) is 12.0 Å². The Kier molecular flexibility index (Phi) is 4.90. The molecule has 2 rings (SSSR count). The van der Waals surface area contributed by atoms with Crippen LogP contribution in [-0.4, -0.2) is 22.7 Å². The first kappa shape index (κ1) is 14.7. The molecule has 0 radical (unpaired) electrons. The lowest BCUT2D eigenvalue weighted by Gasteiger charge is -2.07. The van der Waals surface area contributed by atoms with Crippen molar-refractivity contribution in [1.82, 2.24) is 9.97 Å². The molecule has 0 saturated carbocycles. The van der Waals surface area contributed by atoms with Crippen LogP contribution in [0.15, 0.2) is 23.0 Å². The number of H-pyrrole nitrogens is 1. The van der Waals surface area contributed by atoms with Gasteiger partial charge in [0.15, 0.2) is 0 Å². The lowest BCUT2D eigenvalue weighted by atomic mass is 10.1. The zero-order valence-corrected chi connectivity index (χ0v) is 12.4. The predicted octanol–water partition coefficient (Wildman–Crippen LogP) is 2.84. The minimum Gasteiger partial charge on any atom is -0.379 e. The van der Waals surface area contributed by atoms with Crippen molar-refractivity contribution in [3.63, 3.8) is 0 Å². The number of benzene rings is 1. The molecular weight excluding hydrogens is 252 g/mol. The van der Waals surface area contributed by atoms with Crippen LogP contribution in [0, 0.1) is 0 Å². The number of hydrogen-bond acceptors (Lipinski definition) is 3. The van der Waals surface area contributed by atoms with Gasteiger partial charge in [0, 0.05) is 13.0 Å². The van der Waals surface area contributed by atoms with E-state index in [1.54, 1.807) is 0 Å². The molecule has 0 fully saturated rings. The summed E-state index contributed by atoms with van der Waals surface area (Å²) in [5, 5.41) is 0.673. The number of ether oxygens (including phenoxy) is 1. The van der Waals surface area contributed by atoms with Gasteiger partial charge in [-0.1, -0.05) is 13.0 Å². The number of hydrogen-bond donors (Lipinski definition) is 1. The van der Waals surface area contributed by atoms with Crippen LogP contribution in [-0.2, 0) is 17.6 Å². The molecule has 0 spiro atoms. The highest BCUT2D eigenvalue weighted by molar-refractivity contribution is 5.78. The van der Waals surface area contributed by atoms with E-state index in [4.69, 9.17) is 4.74 Å². The SMILES string of the molecule is CCc1ccc2nc(CCCOC(C)C)[nH]c(=O)c2c1. The van der Waals surface area contributed by atoms with E-state index in [-0.39, 0.29) is 11.7 Å². The molecule has 1 aromatic heterocycles. The Balaban J connectivity index is 2.14.